The number of rotatable bonds is 11. The number of hydrogen-bond acceptors (Lipinski definition) is 6. The number of esters is 1. The molecule has 0 atom stereocenters. The normalized spacial score (nSPS) is 10.1. The maximum atomic E-state index is 10.7. The number of anilines is 1. The summed E-state index contributed by atoms with van der Waals surface area (Å²) < 4.78 is 20.7. The minimum atomic E-state index is -0.449. The summed E-state index contributed by atoms with van der Waals surface area (Å²) >= 11 is 0. The van der Waals surface area contributed by atoms with Crippen LogP contribution in [0.15, 0.2) is 36.9 Å². The zero-order valence-electron chi connectivity index (χ0n) is 12.0. The van der Waals surface area contributed by atoms with Crippen LogP contribution in [0.5, 0.6) is 5.75 Å². The van der Waals surface area contributed by atoms with Crippen molar-refractivity contribution < 1.29 is 23.7 Å². The number of carbonyl (C=O) groups excluding carboxylic acids is 1. The van der Waals surface area contributed by atoms with Crippen LogP contribution in [0, 0.1) is 0 Å². The van der Waals surface area contributed by atoms with E-state index in [2.05, 4.69) is 6.58 Å². The molecule has 0 radical (unpaired) electrons. The Balaban J connectivity index is 1.87. The van der Waals surface area contributed by atoms with Crippen molar-refractivity contribution in [3.63, 3.8) is 0 Å². The van der Waals surface area contributed by atoms with E-state index in [-0.39, 0.29) is 6.61 Å². The molecular formula is C15H21NO5. The SMILES string of the molecule is C=CC(=O)OCCOCCOCCOc1ccc(N)cc1. The minimum Gasteiger partial charge on any atom is -0.491 e. The molecular weight excluding hydrogens is 274 g/mol. The zero-order valence-corrected chi connectivity index (χ0v) is 12.0. The zero-order chi connectivity index (χ0) is 15.3. The van der Waals surface area contributed by atoms with Crippen molar-refractivity contribution in [3.05, 3.63) is 36.9 Å². The predicted molar refractivity (Wildman–Crippen MR) is 79.1 cm³/mol. The molecule has 0 amide bonds. The van der Waals surface area contributed by atoms with Crippen molar-refractivity contribution >= 4 is 11.7 Å². The highest BCUT2D eigenvalue weighted by molar-refractivity contribution is 5.81. The van der Waals surface area contributed by atoms with Gasteiger partial charge in [0.2, 0.25) is 0 Å². The molecule has 1 aromatic rings. The maximum Gasteiger partial charge on any atom is 0.330 e. The summed E-state index contributed by atoms with van der Waals surface area (Å²) in [6.07, 6.45) is 1.12. The highest BCUT2D eigenvalue weighted by atomic mass is 16.6. The molecule has 0 aliphatic carbocycles. The quantitative estimate of drug-likeness (QED) is 0.288. The molecule has 0 heterocycles. The molecule has 0 unspecified atom stereocenters. The van der Waals surface area contributed by atoms with Gasteiger partial charge in [-0.2, -0.15) is 0 Å². The Morgan fingerprint density at radius 1 is 1.00 bits per heavy atom. The van der Waals surface area contributed by atoms with Gasteiger partial charge in [0.05, 0.1) is 26.4 Å². The van der Waals surface area contributed by atoms with E-state index >= 15 is 0 Å². The van der Waals surface area contributed by atoms with Crippen molar-refractivity contribution in [2.24, 2.45) is 0 Å². The van der Waals surface area contributed by atoms with Gasteiger partial charge in [0.1, 0.15) is 19.0 Å². The van der Waals surface area contributed by atoms with Crippen molar-refractivity contribution in [1.29, 1.82) is 0 Å². The van der Waals surface area contributed by atoms with Crippen LogP contribution in [0.4, 0.5) is 5.69 Å². The molecule has 0 aliphatic rings. The van der Waals surface area contributed by atoms with Crippen LogP contribution >= 0.6 is 0 Å². The van der Waals surface area contributed by atoms with Gasteiger partial charge >= 0.3 is 5.97 Å². The number of ether oxygens (including phenoxy) is 4. The fourth-order valence-corrected chi connectivity index (χ4v) is 1.36. The third kappa shape index (κ3) is 8.67. The second kappa shape index (κ2) is 10.7. The first-order valence-corrected chi connectivity index (χ1v) is 6.65. The molecule has 0 fully saturated rings. The summed E-state index contributed by atoms with van der Waals surface area (Å²) in [5.74, 6) is 0.308. The van der Waals surface area contributed by atoms with E-state index in [1.165, 1.54) is 0 Å². The van der Waals surface area contributed by atoms with Crippen molar-refractivity contribution in [3.8, 4) is 5.75 Å². The van der Waals surface area contributed by atoms with Gasteiger partial charge in [-0.25, -0.2) is 4.79 Å². The molecule has 2 N–H and O–H groups in total. The fraction of sp³-hybridized carbons (Fsp3) is 0.400. The summed E-state index contributed by atoms with van der Waals surface area (Å²) in [6.45, 7) is 5.67. The van der Waals surface area contributed by atoms with Gasteiger partial charge in [-0.1, -0.05) is 6.58 Å². The van der Waals surface area contributed by atoms with Crippen LogP contribution in [-0.2, 0) is 19.0 Å². The number of nitrogen functional groups attached to an aromatic ring is 1. The summed E-state index contributed by atoms with van der Waals surface area (Å²) in [6, 6.07) is 7.18. The lowest BCUT2D eigenvalue weighted by molar-refractivity contribution is -0.139. The Labute approximate surface area is 124 Å². The topological polar surface area (TPSA) is 80.0 Å². The average Bonchev–Trinajstić information content (AvgIpc) is 2.50. The Bertz CT molecular complexity index is 419. The fourth-order valence-electron chi connectivity index (χ4n) is 1.36. The molecule has 1 aromatic carbocycles. The standard InChI is InChI=1S/C15H21NO5/c1-2-15(17)21-12-10-19-8-7-18-9-11-20-14-5-3-13(16)4-6-14/h2-6H,1,7-12,16H2. The van der Waals surface area contributed by atoms with E-state index in [4.69, 9.17) is 24.7 Å². The number of benzene rings is 1. The molecule has 0 spiro atoms. The van der Waals surface area contributed by atoms with Gasteiger partial charge in [-0.15, -0.1) is 0 Å². The number of nitrogens with two attached hydrogens (primary N) is 1. The first-order valence-electron chi connectivity index (χ1n) is 6.65. The Morgan fingerprint density at radius 3 is 2.19 bits per heavy atom. The molecule has 116 valence electrons. The molecule has 0 saturated heterocycles. The Kier molecular flexibility index (Phi) is 8.67. The van der Waals surface area contributed by atoms with Crippen LogP contribution in [-0.4, -0.2) is 45.6 Å². The van der Waals surface area contributed by atoms with E-state index in [0.717, 1.165) is 11.8 Å². The largest absolute Gasteiger partial charge is 0.491 e. The van der Waals surface area contributed by atoms with E-state index in [1.54, 1.807) is 12.1 Å². The van der Waals surface area contributed by atoms with E-state index in [1.807, 2.05) is 12.1 Å². The van der Waals surface area contributed by atoms with Crippen LogP contribution in [0.25, 0.3) is 0 Å². The van der Waals surface area contributed by atoms with Crippen molar-refractivity contribution in [1.82, 2.24) is 0 Å². The minimum absolute atomic E-state index is 0.213. The second-order valence-electron chi connectivity index (χ2n) is 4.01. The maximum absolute atomic E-state index is 10.7. The molecule has 6 heteroatoms. The lowest BCUT2D eigenvalue weighted by Crippen LogP contribution is -2.13. The van der Waals surface area contributed by atoms with E-state index < -0.39 is 5.97 Å². The van der Waals surface area contributed by atoms with Gasteiger partial charge in [0, 0.05) is 11.8 Å². The Hall–Kier alpha value is -2.05. The highest BCUT2D eigenvalue weighted by Crippen LogP contribution is 2.12. The summed E-state index contributed by atoms with van der Waals surface area (Å²) in [5.41, 5.74) is 6.27. The molecule has 0 aliphatic heterocycles. The number of hydrogen-bond donors (Lipinski definition) is 1. The van der Waals surface area contributed by atoms with E-state index in [0.29, 0.717) is 38.7 Å². The predicted octanol–water partition coefficient (Wildman–Crippen LogP) is 1.41. The lowest BCUT2D eigenvalue weighted by atomic mass is 10.3. The average molecular weight is 295 g/mol. The van der Waals surface area contributed by atoms with Gasteiger partial charge < -0.3 is 24.7 Å². The molecule has 1 rings (SSSR count). The molecule has 6 nitrogen and oxygen atoms in total. The van der Waals surface area contributed by atoms with Crippen molar-refractivity contribution in [2.75, 3.05) is 45.4 Å². The van der Waals surface area contributed by atoms with Crippen molar-refractivity contribution in [2.45, 2.75) is 0 Å². The monoisotopic (exact) mass is 295 g/mol. The van der Waals surface area contributed by atoms with E-state index in [9.17, 15) is 4.79 Å². The third-order valence-corrected chi connectivity index (χ3v) is 2.39. The first kappa shape index (κ1) is 17.0. The van der Waals surface area contributed by atoms with Gasteiger partial charge in [-0.3, -0.25) is 0 Å². The second-order valence-corrected chi connectivity index (χ2v) is 4.01. The van der Waals surface area contributed by atoms with Gasteiger partial charge in [0.25, 0.3) is 0 Å². The van der Waals surface area contributed by atoms with Gasteiger partial charge in [-0.05, 0) is 24.3 Å². The summed E-state index contributed by atoms with van der Waals surface area (Å²) in [4.78, 5) is 10.7. The van der Waals surface area contributed by atoms with Crippen LogP contribution in [0.2, 0.25) is 0 Å². The Morgan fingerprint density at radius 2 is 1.57 bits per heavy atom. The third-order valence-electron chi connectivity index (χ3n) is 2.39. The molecule has 0 bridgehead atoms. The molecule has 0 saturated carbocycles. The van der Waals surface area contributed by atoms with Crippen LogP contribution < -0.4 is 10.5 Å². The highest BCUT2D eigenvalue weighted by Gasteiger charge is 1.96. The summed E-state index contributed by atoms with van der Waals surface area (Å²) in [7, 11) is 0. The smallest absolute Gasteiger partial charge is 0.330 e. The first-order chi connectivity index (χ1) is 10.2. The van der Waals surface area contributed by atoms with Gasteiger partial charge in [0.15, 0.2) is 0 Å². The number of carbonyl (C=O) groups is 1. The van der Waals surface area contributed by atoms with Crippen LogP contribution in [0.1, 0.15) is 0 Å². The lowest BCUT2D eigenvalue weighted by Gasteiger charge is -2.08. The summed E-state index contributed by atoms with van der Waals surface area (Å²) in [5, 5.41) is 0. The molecule has 0 aromatic heterocycles. The molecule has 21 heavy (non-hydrogen) atoms. The van der Waals surface area contributed by atoms with Crippen LogP contribution in [0.3, 0.4) is 0 Å².